The van der Waals surface area contributed by atoms with Crippen LogP contribution in [-0.2, 0) is 11.2 Å². The molecule has 1 rings (SSSR count). The first-order valence-electron chi connectivity index (χ1n) is 8.34. The fourth-order valence-corrected chi connectivity index (χ4v) is 2.15. The maximum Gasteiger partial charge on any atom is 0.191 e. The summed E-state index contributed by atoms with van der Waals surface area (Å²) in [6.07, 6.45) is 1.10. The van der Waals surface area contributed by atoms with E-state index < -0.39 is 0 Å². The van der Waals surface area contributed by atoms with Gasteiger partial charge in [0.25, 0.3) is 0 Å². The van der Waals surface area contributed by atoms with Gasteiger partial charge < -0.3 is 20.1 Å². The Morgan fingerprint density at radius 2 is 1.83 bits per heavy atom. The quantitative estimate of drug-likeness (QED) is 0.346. The molecule has 0 amide bonds. The molecule has 6 heteroatoms. The summed E-state index contributed by atoms with van der Waals surface area (Å²) in [7, 11) is 1.70. The SMILES string of the molecule is CCNC(=NCCc1ccc(OC(C)C)cc1)NC(C)COC.I. The lowest BCUT2D eigenvalue weighted by Crippen LogP contribution is -2.44. The van der Waals surface area contributed by atoms with Crippen molar-refractivity contribution >= 4 is 29.9 Å². The van der Waals surface area contributed by atoms with Gasteiger partial charge >= 0.3 is 0 Å². The molecule has 0 fully saturated rings. The highest BCUT2D eigenvalue weighted by atomic mass is 127. The fraction of sp³-hybridized carbons (Fsp3) is 0.611. The fourth-order valence-electron chi connectivity index (χ4n) is 2.15. The number of guanidine groups is 1. The Morgan fingerprint density at radius 1 is 1.17 bits per heavy atom. The average molecular weight is 449 g/mol. The predicted molar refractivity (Wildman–Crippen MR) is 112 cm³/mol. The molecule has 0 aliphatic rings. The van der Waals surface area contributed by atoms with Crippen molar-refractivity contribution in [3.63, 3.8) is 0 Å². The number of rotatable bonds is 9. The third kappa shape index (κ3) is 9.97. The number of methoxy groups -OCH3 is 1. The highest BCUT2D eigenvalue weighted by Gasteiger charge is 2.04. The van der Waals surface area contributed by atoms with E-state index >= 15 is 0 Å². The van der Waals surface area contributed by atoms with Crippen molar-refractivity contribution in [2.75, 3.05) is 26.8 Å². The van der Waals surface area contributed by atoms with Crippen molar-refractivity contribution in [2.24, 2.45) is 4.99 Å². The van der Waals surface area contributed by atoms with Crippen LogP contribution in [0.5, 0.6) is 5.75 Å². The highest BCUT2D eigenvalue weighted by molar-refractivity contribution is 14.0. The standard InChI is InChI=1S/C18H31N3O2.HI/c1-6-19-18(21-15(4)13-22-5)20-12-11-16-7-9-17(10-8-16)23-14(2)3;/h7-10,14-15H,6,11-13H2,1-5H3,(H2,19,20,21);1H. The Balaban J connectivity index is 0.00000529. The van der Waals surface area contributed by atoms with Crippen LogP contribution in [-0.4, -0.2) is 44.9 Å². The van der Waals surface area contributed by atoms with Crippen LogP contribution >= 0.6 is 24.0 Å². The number of nitrogens with one attached hydrogen (secondary N) is 2. The third-order valence-electron chi connectivity index (χ3n) is 3.11. The molecule has 24 heavy (non-hydrogen) atoms. The molecule has 1 aromatic rings. The summed E-state index contributed by atoms with van der Waals surface area (Å²) in [5, 5.41) is 6.58. The van der Waals surface area contributed by atoms with Crippen molar-refractivity contribution in [3.8, 4) is 5.75 Å². The van der Waals surface area contributed by atoms with Crippen LogP contribution in [0, 0.1) is 0 Å². The van der Waals surface area contributed by atoms with E-state index in [2.05, 4.69) is 41.6 Å². The number of halogens is 1. The minimum atomic E-state index is 0. The van der Waals surface area contributed by atoms with Crippen LogP contribution in [0.3, 0.4) is 0 Å². The number of ether oxygens (including phenoxy) is 2. The molecule has 0 radical (unpaired) electrons. The zero-order valence-electron chi connectivity index (χ0n) is 15.5. The Bertz CT molecular complexity index is 464. The summed E-state index contributed by atoms with van der Waals surface area (Å²) in [5.74, 6) is 1.74. The minimum Gasteiger partial charge on any atom is -0.491 e. The molecule has 0 aliphatic carbocycles. The number of hydrogen-bond donors (Lipinski definition) is 2. The number of hydrogen-bond acceptors (Lipinski definition) is 3. The molecule has 1 aromatic carbocycles. The molecule has 1 unspecified atom stereocenters. The molecule has 0 spiro atoms. The summed E-state index contributed by atoms with van der Waals surface area (Å²) in [5.41, 5.74) is 1.26. The second kappa shape index (κ2) is 13.3. The van der Waals surface area contributed by atoms with Gasteiger partial charge in [-0.15, -0.1) is 24.0 Å². The molecule has 0 heterocycles. The van der Waals surface area contributed by atoms with E-state index in [0.717, 1.165) is 31.2 Å². The number of aliphatic imine (C=N–C) groups is 1. The molecule has 5 nitrogen and oxygen atoms in total. The van der Waals surface area contributed by atoms with Gasteiger partial charge in [-0.25, -0.2) is 0 Å². The summed E-state index contributed by atoms with van der Waals surface area (Å²) < 4.78 is 10.8. The molecular formula is C18H32IN3O2. The minimum absolute atomic E-state index is 0. The van der Waals surface area contributed by atoms with Crippen molar-refractivity contribution in [3.05, 3.63) is 29.8 Å². The molecule has 0 bridgehead atoms. The van der Waals surface area contributed by atoms with Gasteiger partial charge in [0.15, 0.2) is 5.96 Å². The lowest BCUT2D eigenvalue weighted by Gasteiger charge is -2.17. The second-order valence-electron chi connectivity index (χ2n) is 5.82. The van der Waals surface area contributed by atoms with Gasteiger partial charge in [-0.2, -0.15) is 0 Å². The van der Waals surface area contributed by atoms with Crippen molar-refractivity contribution < 1.29 is 9.47 Å². The van der Waals surface area contributed by atoms with Gasteiger partial charge in [0.05, 0.1) is 12.7 Å². The van der Waals surface area contributed by atoms with E-state index in [-0.39, 0.29) is 36.1 Å². The Kier molecular flexibility index (Phi) is 12.7. The molecular weight excluding hydrogens is 417 g/mol. The molecule has 138 valence electrons. The zero-order chi connectivity index (χ0) is 17.1. The van der Waals surface area contributed by atoms with Gasteiger partial charge in [0.2, 0.25) is 0 Å². The molecule has 1 atom stereocenters. The maximum atomic E-state index is 5.65. The summed E-state index contributed by atoms with van der Waals surface area (Å²) in [6.45, 7) is 10.4. The van der Waals surface area contributed by atoms with Crippen LogP contribution in [0.4, 0.5) is 0 Å². The summed E-state index contributed by atoms with van der Waals surface area (Å²) in [4.78, 5) is 4.61. The van der Waals surface area contributed by atoms with Crippen LogP contribution in [0.1, 0.15) is 33.3 Å². The highest BCUT2D eigenvalue weighted by Crippen LogP contribution is 2.14. The monoisotopic (exact) mass is 449 g/mol. The van der Waals surface area contributed by atoms with E-state index in [0.29, 0.717) is 6.61 Å². The van der Waals surface area contributed by atoms with Crippen LogP contribution in [0.25, 0.3) is 0 Å². The summed E-state index contributed by atoms with van der Waals surface area (Å²) >= 11 is 0. The van der Waals surface area contributed by atoms with Crippen molar-refractivity contribution in [1.29, 1.82) is 0 Å². The lowest BCUT2D eigenvalue weighted by molar-refractivity contribution is 0.179. The van der Waals surface area contributed by atoms with Crippen LogP contribution in [0.15, 0.2) is 29.3 Å². The lowest BCUT2D eigenvalue weighted by atomic mass is 10.1. The number of benzene rings is 1. The average Bonchev–Trinajstić information content (AvgIpc) is 2.49. The summed E-state index contributed by atoms with van der Waals surface area (Å²) in [6, 6.07) is 8.46. The Morgan fingerprint density at radius 3 is 2.38 bits per heavy atom. The normalized spacial score (nSPS) is 12.5. The van der Waals surface area contributed by atoms with Crippen LogP contribution < -0.4 is 15.4 Å². The third-order valence-corrected chi connectivity index (χ3v) is 3.11. The van der Waals surface area contributed by atoms with Gasteiger partial charge in [0, 0.05) is 26.2 Å². The second-order valence-corrected chi connectivity index (χ2v) is 5.82. The van der Waals surface area contributed by atoms with Crippen molar-refractivity contribution in [1.82, 2.24) is 10.6 Å². The number of nitrogens with zero attached hydrogens (tertiary/aromatic N) is 1. The van der Waals surface area contributed by atoms with Crippen molar-refractivity contribution in [2.45, 2.75) is 46.3 Å². The van der Waals surface area contributed by atoms with E-state index in [1.807, 2.05) is 26.0 Å². The Hall–Kier alpha value is -1.02. The van der Waals surface area contributed by atoms with Crippen LogP contribution in [0.2, 0.25) is 0 Å². The van der Waals surface area contributed by atoms with Gasteiger partial charge in [0.1, 0.15) is 5.75 Å². The van der Waals surface area contributed by atoms with Gasteiger partial charge in [-0.1, -0.05) is 12.1 Å². The zero-order valence-corrected chi connectivity index (χ0v) is 17.8. The Labute approximate surface area is 163 Å². The molecule has 0 saturated carbocycles. The first kappa shape index (κ1) is 23.0. The predicted octanol–water partition coefficient (Wildman–Crippen LogP) is 3.22. The van der Waals surface area contributed by atoms with Gasteiger partial charge in [-0.3, -0.25) is 4.99 Å². The topological polar surface area (TPSA) is 54.9 Å². The van der Waals surface area contributed by atoms with Gasteiger partial charge in [-0.05, 0) is 51.8 Å². The largest absolute Gasteiger partial charge is 0.491 e. The molecule has 0 aromatic heterocycles. The molecule has 2 N–H and O–H groups in total. The maximum absolute atomic E-state index is 5.65. The first-order chi connectivity index (χ1) is 11.0. The van der Waals surface area contributed by atoms with E-state index in [1.165, 1.54) is 5.56 Å². The first-order valence-corrected chi connectivity index (χ1v) is 8.34. The van der Waals surface area contributed by atoms with E-state index in [4.69, 9.17) is 9.47 Å². The van der Waals surface area contributed by atoms with E-state index in [1.54, 1.807) is 7.11 Å². The molecule has 0 aliphatic heterocycles. The molecule has 0 saturated heterocycles. The van der Waals surface area contributed by atoms with E-state index in [9.17, 15) is 0 Å². The smallest absolute Gasteiger partial charge is 0.191 e.